The number of nitrogens with zero attached hydrogens (tertiary/aromatic N) is 1. The van der Waals surface area contributed by atoms with Crippen molar-refractivity contribution in [1.82, 2.24) is 4.90 Å². The molecule has 1 saturated carbocycles. The van der Waals surface area contributed by atoms with Crippen LogP contribution in [-0.4, -0.2) is 48.2 Å². The summed E-state index contributed by atoms with van der Waals surface area (Å²) >= 11 is 0. The van der Waals surface area contributed by atoms with Crippen molar-refractivity contribution >= 4 is 11.9 Å². The Balaban J connectivity index is 2.05. The van der Waals surface area contributed by atoms with Crippen molar-refractivity contribution in [3.05, 3.63) is 0 Å². The fraction of sp³-hybridized carbons (Fsp3) is 0.857. The predicted octanol–water partition coefficient (Wildman–Crippen LogP) is 1.37. The van der Waals surface area contributed by atoms with Crippen molar-refractivity contribution in [3.63, 3.8) is 0 Å². The zero-order valence-corrected chi connectivity index (χ0v) is 11.5. The Morgan fingerprint density at radius 1 is 1.21 bits per heavy atom. The van der Waals surface area contributed by atoms with Gasteiger partial charge in [-0.25, -0.2) is 0 Å². The topological polar surface area (TPSA) is 66.8 Å². The van der Waals surface area contributed by atoms with Crippen LogP contribution in [-0.2, 0) is 14.3 Å². The molecule has 1 amide bonds. The second kappa shape index (κ2) is 6.37. The summed E-state index contributed by atoms with van der Waals surface area (Å²) in [6.07, 6.45) is 3.17. The minimum Gasteiger partial charge on any atom is -0.481 e. The van der Waals surface area contributed by atoms with E-state index in [-0.39, 0.29) is 11.8 Å². The van der Waals surface area contributed by atoms with Crippen LogP contribution >= 0.6 is 0 Å². The van der Waals surface area contributed by atoms with Crippen LogP contribution in [0.4, 0.5) is 0 Å². The molecule has 1 aliphatic carbocycles. The number of carboxylic acids is 1. The minimum absolute atomic E-state index is 0.0221. The van der Waals surface area contributed by atoms with E-state index < -0.39 is 11.9 Å². The molecule has 2 fully saturated rings. The lowest BCUT2D eigenvalue weighted by atomic mass is 9.94. The summed E-state index contributed by atoms with van der Waals surface area (Å²) in [6, 6.07) is 0. The van der Waals surface area contributed by atoms with Crippen molar-refractivity contribution < 1.29 is 19.4 Å². The highest BCUT2D eigenvalue weighted by Gasteiger charge is 2.43. The van der Waals surface area contributed by atoms with E-state index in [0.29, 0.717) is 38.6 Å². The van der Waals surface area contributed by atoms with E-state index in [2.05, 4.69) is 6.92 Å². The number of carbonyl (C=O) groups excluding carboxylic acids is 1. The summed E-state index contributed by atoms with van der Waals surface area (Å²) in [4.78, 5) is 25.7. The van der Waals surface area contributed by atoms with Gasteiger partial charge in [0.05, 0.1) is 18.4 Å². The van der Waals surface area contributed by atoms with Gasteiger partial charge in [0.25, 0.3) is 0 Å². The zero-order chi connectivity index (χ0) is 13.8. The second-order valence-electron chi connectivity index (χ2n) is 5.59. The molecule has 1 aliphatic heterocycles. The Labute approximate surface area is 113 Å². The number of hydrogen-bond acceptors (Lipinski definition) is 3. The minimum atomic E-state index is -0.819. The summed E-state index contributed by atoms with van der Waals surface area (Å²) in [5.41, 5.74) is 0. The van der Waals surface area contributed by atoms with Crippen LogP contribution in [0.3, 0.4) is 0 Å². The van der Waals surface area contributed by atoms with E-state index >= 15 is 0 Å². The molecule has 0 bridgehead atoms. The van der Waals surface area contributed by atoms with Crippen LogP contribution in [0, 0.1) is 17.8 Å². The van der Waals surface area contributed by atoms with Crippen molar-refractivity contribution in [1.29, 1.82) is 0 Å². The number of amides is 1. The molecule has 3 unspecified atom stereocenters. The van der Waals surface area contributed by atoms with E-state index in [1.807, 2.05) is 0 Å². The van der Waals surface area contributed by atoms with E-state index in [1.54, 1.807) is 4.90 Å². The van der Waals surface area contributed by atoms with E-state index in [1.165, 1.54) is 0 Å². The molecule has 5 heteroatoms. The monoisotopic (exact) mass is 269 g/mol. The summed E-state index contributed by atoms with van der Waals surface area (Å²) in [5, 5.41) is 9.30. The maximum atomic E-state index is 12.5. The van der Waals surface area contributed by atoms with Gasteiger partial charge in [-0.2, -0.15) is 0 Å². The smallest absolute Gasteiger partial charge is 0.307 e. The molecule has 0 aromatic carbocycles. The summed E-state index contributed by atoms with van der Waals surface area (Å²) in [6.45, 7) is 4.61. The van der Waals surface area contributed by atoms with Gasteiger partial charge >= 0.3 is 5.97 Å². The highest BCUT2D eigenvalue weighted by atomic mass is 16.5. The maximum absolute atomic E-state index is 12.5. The molecule has 0 aromatic rings. The Bertz CT molecular complexity index is 336. The van der Waals surface area contributed by atoms with Gasteiger partial charge in [0.15, 0.2) is 0 Å². The summed E-state index contributed by atoms with van der Waals surface area (Å²) in [5.74, 6) is -1.25. The molecule has 108 valence electrons. The lowest BCUT2D eigenvalue weighted by Gasteiger charge is -2.25. The first-order valence-corrected chi connectivity index (χ1v) is 7.22. The molecular formula is C14H23NO4. The standard InChI is InChI=1S/C14H23NO4/c1-2-10-8-11(12(9-10)14(17)18)13(16)15-4-3-6-19-7-5-15/h10-12H,2-9H2,1H3,(H,17,18). The summed E-state index contributed by atoms with van der Waals surface area (Å²) in [7, 11) is 0. The van der Waals surface area contributed by atoms with Crippen LogP contribution in [0.5, 0.6) is 0 Å². The Kier molecular flexibility index (Phi) is 4.80. The van der Waals surface area contributed by atoms with Crippen LogP contribution in [0.15, 0.2) is 0 Å². The largest absolute Gasteiger partial charge is 0.481 e. The molecule has 3 atom stereocenters. The molecule has 1 N–H and O–H groups in total. The fourth-order valence-electron chi connectivity index (χ4n) is 3.22. The lowest BCUT2D eigenvalue weighted by Crippen LogP contribution is -2.40. The third kappa shape index (κ3) is 3.26. The first-order valence-electron chi connectivity index (χ1n) is 7.22. The molecule has 0 radical (unpaired) electrons. The lowest BCUT2D eigenvalue weighted by molar-refractivity contribution is -0.149. The van der Waals surface area contributed by atoms with Crippen molar-refractivity contribution in [2.24, 2.45) is 17.8 Å². The molecule has 2 aliphatic rings. The molecule has 0 spiro atoms. The van der Waals surface area contributed by atoms with Crippen LogP contribution < -0.4 is 0 Å². The molecule has 5 nitrogen and oxygen atoms in total. The first kappa shape index (κ1) is 14.3. The highest BCUT2D eigenvalue weighted by Crippen LogP contribution is 2.39. The molecule has 1 heterocycles. The molecule has 2 rings (SSSR count). The van der Waals surface area contributed by atoms with E-state index in [4.69, 9.17) is 4.74 Å². The predicted molar refractivity (Wildman–Crippen MR) is 69.6 cm³/mol. The fourth-order valence-corrected chi connectivity index (χ4v) is 3.22. The van der Waals surface area contributed by atoms with Gasteiger partial charge in [-0.15, -0.1) is 0 Å². The number of rotatable bonds is 3. The van der Waals surface area contributed by atoms with Crippen molar-refractivity contribution in [2.75, 3.05) is 26.3 Å². The Hall–Kier alpha value is -1.10. The van der Waals surface area contributed by atoms with Gasteiger partial charge in [0.1, 0.15) is 0 Å². The second-order valence-corrected chi connectivity index (χ2v) is 5.59. The average Bonchev–Trinajstić information content (AvgIpc) is 2.65. The third-order valence-electron chi connectivity index (χ3n) is 4.41. The SMILES string of the molecule is CCC1CC(C(=O)O)C(C(=O)N2CCCOCC2)C1. The van der Waals surface area contributed by atoms with E-state index in [9.17, 15) is 14.7 Å². The van der Waals surface area contributed by atoms with Crippen LogP contribution in [0.2, 0.25) is 0 Å². The summed E-state index contributed by atoms with van der Waals surface area (Å²) < 4.78 is 5.34. The third-order valence-corrected chi connectivity index (χ3v) is 4.41. The number of carboxylic acid groups (broad SMARTS) is 1. The van der Waals surface area contributed by atoms with Gasteiger partial charge in [-0.3, -0.25) is 9.59 Å². The Morgan fingerprint density at radius 2 is 1.95 bits per heavy atom. The molecule has 0 aromatic heterocycles. The zero-order valence-electron chi connectivity index (χ0n) is 11.5. The van der Waals surface area contributed by atoms with Crippen molar-refractivity contribution in [2.45, 2.75) is 32.6 Å². The number of aliphatic carboxylic acids is 1. The number of carbonyl (C=O) groups is 2. The number of hydrogen-bond donors (Lipinski definition) is 1. The van der Waals surface area contributed by atoms with Crippen molar-refractivity contribution in [3.8, 4) is 0 Å². The molecule has 19 heavy (non-hydrogen) atoms. The van der Waals surface area contributed by atoms with Gasteiger partial charge in [-0.1, -0.05) is 13.3 Å². The van der Waals surface area contributed by atoms with Gasteiger partial charge in [-0.05, 0) is 25.2 Å². The van der Waals surface area contributed by atoms with Crippen LogP contribution in [0.1, 0.15) is 32.6 Å². The quantitative estimate of drug-likeness (QED) is 0.840. The van der Waals surface area contributed by atoms with Gasteiger partial charge < -0.3 is 14.7 Å². The highest BCUT2D eigenvalue weighted by molar-refractivity contribution is 5.85. The molecular weight excluding hydrogens is 246 g/mol. The van der Waals surface area contributed by atoms with E-state index in [0.717, 1.165) is 19.3 Å². The average molecular weight is 269 g/mol. The normalized spacial score (nSPS) is 32.1. The maximum Gasteiger partial charge on any atom is 0.307 e. The van der Waals surface area contributed by atoms with Gasteiger partial charge in [0.2, 0.25) is 5.91 Å². The Morgan fingerprint density at radius 3 is 2.63 bits per heavy atom. The number of ether oxygens (including phenoxy) is 1. The van der Waals surface area contributed by atoms with Gasteiger partial charge in [0, 0.05) is 19.7 Å². The first-order chi connectivity index (χ1) is 9.13. The molecule has 1 saturated heterocycles. The van der Waals surface area contributed by atoms with Crippen LogP contribution in [0.25, 0.3) is 0 Å².